The first-order valence-corrected chi connectivity index (χ1v) is 10.7. The van der Waals surface area contributed by atoms with Crippen molar-refractivity contribution in [3.63, 3.8) is 0 Å². The number of hydrogen-bond donors (Lipinski definition) is 2. The van der Waals surface area contributed by atoms with Crippen LogP contribution < -0.4 is 15.4 Å². The van der Waals surface area contributed by atoms with Gasteiger partial charge in [0, 0.05) is 24.5 Å². The summed E-state index contributed by atoms with van der Waals surface area (Å²) < 4.78 is 37.8. The van der Waals surface area contributed by atoms with E-state index in [2.05, 4.69) is 10.6 Å². The molecule has 2 N–H and O–H groups in total. The van der Waals surface area contributed by atoms with Crippen molar-refractivity contribution >= 4 is 27.3 Å². The van der Waals surface area contributed by atoms with Crippen LogP contribution in [0.25, 0.3) is 0 Å². The van der Waals surface area contributed by atoms with Crippen LogP contribution in [0.3, 0.4) is 0 Å². The molecule has 9 nitrogen and oxygen atoms in total. The number of sulfonamides is 1. The predicted molar refractivity (Wildman–Crippen MR) is 111 cm³/mol. The number of methoxy groups -OCH3 is 1. The third-order valence-corrected chi connectivity index (χ3v) is 6.40. The van der Waals surface area contributed by atoms with Gasteiger partial charge in [0.1, 0.15) is 10.6 Å². The molecule has 30 heavy (non-hydrogen) atoms. The largest absolute Gasteiger partial charge is 0.495 e. The number of ether oxygens (including phenoxy) is 2. The van der Waals surface area contributed by atoms with Crippen LogP contribution in [0.2, 0.25) is 0 Å². The van der Waals surface area contributed by atoms with Gasteiger partial charge in [0.15, 0.2) is 0 Å². The van der Waals surface area contributed by atoms with E-state index < -0.39 is 10.0 Å². The Morgan fingerprint density at radius 3 is 2.67 bits per heavy atom. The molecule has 1 fully saturated rings. The SMILES string of the molecule is COc1ccc(NC(=O)CNc2cccc(C#N)c2)cc1S(=O)(=O)N1CCOCC1. The molecule has 0 atom stereocenters. The molecule has 0 radical (unpaired) electrons. The van der Waals surface area contributed by atoms with Crippen molar-refractivity contribution in [1.82, 2.24) is 4.31 Å². The summed E-state index contributed by atoms with van der Waals surface area (Å²) in [6, 6.07) is 13.3. The summed E-state index contributed by atoms with van der Waals surface area (Å²) >= 11 is 0. The number of hydrogen-bond acceptors (Lipinski definition) is 7. The standard InChI is InChI=1S/C20H22N4O5S/c1-28-18-6-5-17(12-19(18)30(26,27)24-7-9-29-10-8-24)23-20(25)14-22-16-4-2-3-15(11-16)13-21/h2-6,11-12,22H,7-10,14H2,1H3,(H,23,25). The Balaban J connectivity index is 1.72. The molecule has 1 aliphatic rings. The molecule has 3 rings (SSSR count). The van der Waals surface area contributed by atoms with Gasteiger partial charge in [-0.05, 0) is 36.4 Å². The van der Waals surface area contributed by atoms with E-state index >= 15 is 0 Å². The normalized spacial score (nSPS) is 14.5. The summed E-state index contributed by atoms with van der Waals surface area (Å²) in [6.07, 6.45) is 0. The Kier molecular flexibility index (Phi) is 6.89. The molecule has 2 aromatic rings. The number of morpholine rings is 1. The van der Waals surface area contributed by atoms with Gasteiger partial charge in [-0.1, -0.05) is 6.07 Å². The first-order valence-electron chi connectivity index (χ1n) is 9.24. The second-order valence-corrected chi connectivity index (χ2v) is 8.38. The van der Waals surface area contributed by atoms with Crippen molar-refractivity contribution < 1.29 is 22.7 Å². The zero-order valence-corrected chi connectivity index (χ0v) is 17.2. The Hall–Kier alpha value is -3.13. The number of benzene rings is 2. The first-order chi connectivity index (χ1) is 14.4. The summed E-state index contributed by atoms with van der Waals surface area (Å²) in [5, 5.41) is 14.5. The van der Waals surface area contributed by atoms with Crippen LogP contribution in [0.15, 0.2) is 47.4 Å². The minimum absolute atomic E-state index is 0.0145. The number of nitrogens with one attached hydrogen (secondary N) is 2. The van der Waals surface area contributed by atoms with Crippen LogP contribution in [0.1, 0.15) is 5.56 Å². The molecule has 158 valence electrons. The Morgan fingerprint density at radius 1 is 1.20 bits per heavy atom. The summed E-state index contributed by atoms with van der Waals surface area (Å²) in [5.74, 6) is -0.164. The summed E-state index contributed by atoms with van der Waals surface area (Å²) in [6.45, 7) is 1.13. The molecule has 1 saturated heterocycles. The first kappa shape index (κ1) is 21.6. The quantitative estimate of drug-likeness (QED) is 0.685. The highest BCUT2D eigenvalue weighted by Gasteiger charge is 2.29. The van der Waals surface area contributed by atoms with Crippen LogP contribution in [0.4, 0.5) is 11.4 Å². The predicted octanol–water partition coefficient (Wildman–Crippen LogP) is 1.64. The van der Waals surface area contributed by atoms with E-state index in [0.717, 1.165) is 0 Å². The second-order valence-electron chi connectivity index (χ2n) is 6.48. The van der Waals surface area contributed by atoms with Crippen molar-refractivity contribution in [3.8, 4) is 11.8 Å². The molecule has 10 heteroatoms. The van der Waals surface area contributed by atoms with Crippen LogP contribution in [-0.2, 0) is 19.6 Å². The van der Waals surface area contributed by atoms with Crippen LogP contribution >= 0.6 is 0 Å². The molecule has 1 amide bonds. The Labute approximate surface area is 175 Å². The number of carbonyl (C=O) groups excluding carboxylic acids is 1. The van der Waals surface area contributed by atoms with Gasteiger partial charge >= 0.3 is 0 Å². The molecule has 0 bridgehead atoms. The van der Waals surface area contributed by atoms with E-state index in [1.807, 2.05) is 6.07 Å². The fourth-order valence-electron chi connectivity index (χ4n) is 2.97. The van der Waals surface area contributed by atoms with Crippen LogP contribution in [0.5, 0.6) is 5.75 Å². The lowest BCUT2D eigenvalue weighted by molar-refractivity contribution is -0.114. The lowest BCUT2D eigenvalue weighted by Crippen LogP contribution is -2.40. The molecule has 1 aliphatic heterocycles. The third kappa shape index (κ3) is 5.07. The fourth-order valence-corrected chi connectivity index (χ4v) is 4.56. The Bertz CT molecular complexity index is 1060. The smallest absolute Gasteiger partial charge is 0.246 e. The van der Waals surface area contributed by atoms with Gasteiger partial charge in [0.25, 0.3) is 0 Å². The number of carbonyl (C=O) groups is 1. The van der Waals surface area contributed by atoms with Gasteiger partial charge in [0.05, 0.1) is 38.5 Å². The third-order valence-electron chi connectivity index (χ3n) is 4.48. The summed E-state index contributed by atoms with van der Waals surface area (Å²) in [7, 11) is -2.40. The molecular weight excluding hydrogens is 408 g/mol. The molecule has 0 aromatic heterocycles. The van der Waals surface area contributed by atoms with E-state index in [-0.39, 0.29) is 36.2 Å². The number of anilines is 2. The zero-order chi connectivity index (χ0) is 21.6. The zero-order valence-electron chi connectivity index (χ0n) is 16.4. The maximum atomic E-state index is 13.0. The van der Waals surface area contributed by atoms with Crippen molar-refractivity contribution in [1.29, 1.82) is 5.26 Å². The molecule has 0 aliphatic carbocycles. The van der Waals surface area contributed by atoms with E-state index in [1.165, 1.54) is 23.5 Å². The molecule has 1 heterocycles. The minimum Gasteiger partial charge on any atom is -0.495 e. The highest BCUT2D eigenvalue weighted by Crippen LogP contribution is 2.30. The van der Waals surface area contributed by atoms with Crippen molar-refractivity contribution in [2.45, 2.75) is 4.90 Å². The second kappa shape index (κ2) is 9.58. The maximum Gasteiger partial charge on any atom is 0.246 e. The van der Waals surface area contributed by atoms with Crippen LogP contribution in [0, 0.1) is 11.3 Å². The van der Waals surface area contributed by atoms with Crippen molar-refractivity contribution in [2.75, 3.05) is 50.6 Å². The monoisotopic (exact) mass is 430 g/mol. The lowest BCUT2D eigenvalue weighted by atomic mass is 10.2. The fraction of sp³-hybridized carbons (Fsp3) is 0.300. The van der Waals surface area contributed by atoms with Gasteiger partial charge in [0.2, 0.25) is 15.9 Å². The molecule has 0 saturated carbocycles. The molecule has 2 aromatic carbocycles. The molecular formula is C20H22N4O5S. The number of amides is 1. The number of nitriles is 1. The average molecular weight is 430 g/mol. The van der Waals surface area contributed by atoms with Gasteiger partial charge < -0.3 is 20.1 Å². The van der Waals surface area contributed by atoms with Gasteiger partial charge in [-0.2, -0.15) is 9.57 Å². The van der Waals surface area contributed by atoms with Crippen molar-refractivity contribution in [3.05, 3.63) is 48.0 Å². The summed E-state index contributed by atoms with van der Waals surface area (Å²) in [4.78, 5) is 12.3. The number of rotatable bonds is 7. The Morgan fingerprint density at radius 2 is 1.97 bits per heavy atom. The van der Waals surface area contributed by atoms with E-state index in [0.29, 0.717) is 30.2 Å². The lowest BCUT2D eigenvalue weighted by Gasteiger charge is -2.26. The molecule has 0 unspecified atom stereocenters. The van der Waals surface area contributed by atoms with E-state index in [9.17, 15) is 13.2 Å². The van der Waals surface area contributed by atoms with Gasteiger partial charge in [-0.25, -0.2) is 8.42 Å². The van der Waals surface area contributed by atoms with E-state index in [1.54, 1.807) is 30.3 Å². The number of nitrogens with zero attached hydrogens (tertiary/aromatic N) is 2. The van der Waals surface area contributed by atoms with Crippen molar-refractivity contribution in [2.24, 2.45) is 0 Å². The van der Waals surface area contributed by atoms with Gasteiger partial charge in [-0.3, -0.25) is 4.79 Å². The maximum absolute atomic E-state index is 13.0. The topological polar surface area (TPSA) is 121 Å². The summed E-state index contributed by atoms with van der Waals surface area (Å²) in [5.41, 5.74) is 1.45. The van der Waals surface area contributed by atoms with Crippen LogP contribution in [-0.4, -0.2) is 58.6 Å². The van der Waals surface area contributed by atoms with E-state index in [4.69, 9.17) is 14.7 Å². The molecule has 0 spiro atoms. The highest BCUT2D eigenvalue weighted by atomic mass is 32.2. The average Bonchev–Trinajstić information content (AvgIpc) is 2.78. The highest BCUT2D eigenvalue weighted by molar-refractivity contribution is 7.89. The minimum atomic E-state index is -3.80. The van der Waals surface area contributed by atoms with Gasteiger partial charge in [-0.15, -0.1) is 0 Å².